The van der Waals surface area contributed by atoms with E-state index in [0.29, 0.717) is 12.3 Å². The molecule has 0 spiro atoms. The Balaban J connectivity index is 2.61. The summed E-state index contributed by atoms with van der Waals surface area (Å²) in [7, 11) is 0. The Labute approximate surface area is 103 Å². The summed E-state index contributed by atoms with van der Waals surface area (Å²) in [4.78, 5) is 0. The Kier molecular flexibility index (Phi) is 3.53. The van der Waals surface area contributed by atoms with Crippen molar-refractivity contribution in [1.29, 1.82) is 0 Å². The van der Waals surface area contributed by atoms with Gasteiger partial charge in [0.15, 0.2) is 0 Å². The van der Waals surface area contributed by atoms with Crippen LogP contribution < -0.4 is 5.73 Å². The average molecular weight is 231 g/mol. The summed E-state index contributed by atoms with van der Waals surface area (Å²) in [5, 5.41) is 10.3. The lowest BCUT2D eigenvalue weighted by Crippen LogP contribution is -2.09. The van der Waals surface area contributed by atoms with Gasteiger partial charge in [-0.05, 0) is 61.8 Å². The highest BCUT2D eigenvalue weighted by Gasteiger charge is 2.19. The molecule has 1 aliphatic carbocycles. The molecule has 17 heavy (non-hydrogen) atoms. The smallest absolute Gasteiger partial charge is 0.126 e. The molecule has 1 aliphatic rings. The first-order valence-corrected chi connectivity index (χ1v) is 6.37. The van der Waals surface area contributed by atoms with Gasteiger partial charge in [0.1, 0.15) is 5.75 Å². The number of phenolic OH excluding ortho intramolecular Hbond substituents is 1. The van der Waals surface area contributed by atoms with Crippen LogP contribution in [0.3, 0.4) is 0 Å². The second-order valence-corrected chi connectivity index (χ2v) is 4.81. The lowest BCUT2D eigenvalue weighted by molar-refractivity contribution is 0.466. The van der Waals surface area contributed by atoms with E-state index in [4.69, 9.17) is 5.73 Å². The van der Waals surface area contributed by atoms with Crippen LogP contribution in [0.2, 0.25) is 0 Å². The highest BCUT2D eigenvalue weighted by atomic mass is 16.3. The van der Waals surface area contributed by atoms with Crippen LogP contribution in [-0.4, -0.2) is 11.7 Å². The fourth-order valence-corrected chi connectivity index (χ4v) is 2.81. The van der Waals surface area contributed by atoms with Crippen molar-refractivity contribution < 1.29 is 5.11 Å². The number of phenols is 1. The van der Waals surface area contributed by atoms with E-state index in [-0.39, 0.29) is 0 Å². The molecule has 2 heteroatoms. The monoisotopic (exact) mass is 231 g/mol. The van der Waals surface area contributed by atoms with Crippen LogP contribution in [0, 0.1) is 13.8 Å². The molecule has 3 N–H and O–H groups in total. The van der Waals surface area contributed by atoms with Crippen molar-refractivity contribution >= 4 is 6.08 Å². The molecule has 1 aromatic rings. The summed E-state index contributed by atoms with van der Waals surface area (Å²) in [6.45, 7) is 4.65. The van der Waals surface area contributed by atoms with Crippen LogP contribution in [0.15, 0.2) is 6.08 Å². The second kappa shape index (κ2) is 4.92. The second-order valence-electron chi connectivity index (χ2n) is 4.81. The molecule has 0 amide bonds. The molecule has 0 atom stereocenters. The van der Waals surface area contributed by atoms with Gasteiger partial charge in [0.05, 0.1) is 0 Å². The van der Waals surface area contributed by atoms with Crippen molar-refractivity contribution in [2.45, 2.75) is 39.5 Å². The van der Waals surface area contributed by atoms with Gasteiger partial charge in [-0.25, -0.2) is 0 Å². The summed E-state index contributed by atoms with van der Waals surface area (Å²) < 4.78 is 0. The number of hydrogen-bond acceptors (Lipinski definition) is 2. The zero-order valence-electron chi connectivity index (χ0n) is 10.7. The molecule has 2 rings (SSSR count). The van der Waals surface area contributed by atoms with Crippen LogP contribution in [0.1, 0.15) is 40.7 Å². The molecule has 0 aromatic heterocycles. The molecule has 0 radical (unpaired) electrons. The molecule has 0 saturated heterocycles. The number of aromatic hydroxyl groups is 1. The van der Waals surface area contributed by atoms with Gasteiger partial charge in [0, 0.05) is 12.1 Å². The van der Waals surface area contributed by atoms with Crippen molar-refractivity contribution in [2.75, 3.05) is 6.54 Å². The zero-order valence-corrected chi connectivity index (χ0v) is 10.7. The molecule has 1 aromatic carbocycles. The fourth-order valence-electron chi connectivity index (χ4n) is 2.81. The van der Waals surface area contributed by atoms with Gasteiger partial charge < -0.3 is 10.8 Å². The van der Waals surface area contributed by atoms with Crippen molar-refractivity contribution in [3.8, 4) is 5.75 Å². The highest BCUT2D eigenvalue weighted by Crippen LogP contribution is 2.37. The van der Waals surface area contributed by atoms with E-state index in [9.17, 15) is 5.11 Å². The number of hydrogen-bond donors (Lipinski definition) is 2. The third kappa shape index (κ3) is 2.09. The van der Waals surface area contributed by atoms with Gasteiger partial charge in [0.25, 0.3) is 0 Å². The Bertz CT molecular complexity index is 461. The van der Waals surface area contributed by atoms with Gasteiger partial charge >= 0.3 is 0 Å². The molecule has 0 aliphatic heterocycles. The Morgan fingerprint density at radius 1 is 1.12 bits per heavy atom. The molecular weight excluding hydrogens is 210 g/mol. The topological polar surface area (TPSA) is 46.2 Å². The quantitative estimate of drug-likeness (QED) is 0.822. The van der Waals surface area contributed by atoms with E-state index in [1.807, 2.05) is 19.1 Å². The third-order valence-corrected chi connectivity index (χ3v) is 3.81. The summed E-state index contributed by atoms with van der Waals surface area (Å²) in [6.07, 6.45) is 8.61. The maximum Gasteiger partial charge on any atom is 0.126 e. The fraction of sp³-hybridized carbons (Fsp3) is 0.467. The number of nitrogens with two attached hydrogens (primary N) is 1. The zero-order chi connectivity index (χ0) is 12.4. The molecular formula is C15H21NO. The SMILES string of the molecule is Cc1c(O)c(/C=C/CN)c(C)c2c1CCCC2. The van der Waals surface area contributed by atoms with E-state index < -0.39 is 0 Å². The molecule has 0 heterocycles. The van der Waals surface area contributed by atoms with Crippen LogP contribution in [-0.2, 0) is 12.8 Å². The largest absolute Gasteiger partial charge is 0.507 e. The number of benzene rings is 1. The predicted molar refractivity (Wildman–Crippen MR) is 72.3 cm³/mol. The van der Waals surface area contributed by atoms with Crippen molar-refractivity contribution in [2.24, 2.45) is 5.73 Å². The van der Waals surface area contributed by atoms with Crippen molar-refractivity contribution in [1.82, 2.24) is 0 Å². The molecule has 2 nitrogen and oxygen atoms in total. The van der Waals surface area contributed by atoms with Crippen LogP contribution in [0.4, 0.5) is 0 Å². The molecule has 0 saturated carbocycles. The molecule has 0 fully saturated rings. The summed E-state index contributed by atoms with van der Waals surface area (Å²) in [5.74, 6) is 0.438. The van der Waals surface area contributed by atoms with Crippen LogP contribution in [0.5, 0.6) is 5.75 Å². The van der Waals surface area contributed by atoms with Gasteiger partial charge in [-0.3, -0.25) is 0 Å². The van der Waals surface area contributed by atoms with Gasteiger partial charge in [-0.2, -0.15) is 0 Å². The van der Waals surface area contributed by atoms with Gasteiger partial charge in [-0.1, -0.05) is 12.2 Å². The first-order valence-electron chi connectivity index (χ1n) is 6.37. The lowest BCUT2D eigenvalue weighted by Gasteiger charge is -2.23. The van der Waals surface area contributed by atoms with Crippen LogP contribution >= 0.6 is 0 Å². The molecule has 92 valence electrons. The standard InChI is InChI=1S/C15H21NO/c1-10-12-6-3-4-7-13(12)11(2)15(17)14(10)8-5-9-16/h5,8,17H,3-4,6-7,9,16H2,1-2H3/b8-5+. The number of rotatable bonds is 2. The normalized spacial score (nSPS) is 15.2. The number of fused-ring (bicyclic) bond motifs is 1. The minimum Gasteiger partial charge on any atom is -0.507 e. The Hall–Kier alpha value is -1.28. The maximum absolute atomic E-state index is 10.3. The van der Waals surface area contributed by atoms with Gasteiger partial charge in [-0.15, -0.1) is 0 Å². The minimum absolute atomic E-state index is 0.438. The molecule has 0 unspecified atom stereocenters. The summed E-state index contributed by atoms with van der Waals surface area (Å²) in [5.41, 5.74) is 11.5. The van der Waals surface area contributed by atoms with Crippen LogP contribution in [0.25, 0.3) is 6.08 Å². The van der Waals surface area contributed by atoms with E-state index in [2.05, 4.69) is 6.92 Å². The Morgan fingerprint density at radius 3 is 2.29 bits per heavy atom. The van der Waals surface area contributed by atoms with E-state index in [1.165, 1.54) is 29.5 Å². The Morgan fingerprint density at radius 2 is 1.71 bits per heavy atom. The highest BCUT2D eigenvalue weighted by molar-refractivity contribution is 5.67. The first-order chi connectivity index (χ1) is 8.16. The van der Waals surface area contributed by atoms with Gasteiger partial charge in [0.2, 0.25) is 0 Å². The minimum atomic E-state index is 0.438. The van der Waals surface area contributed by atoms with Crippen molar-refractivity contribution in [3.05, 3.63) is 33.9 Å². The maximum atomic E-state index is 10.3. The predicted octanol–water partition coefficient (Wildman–Crippen LogP) is 2.86. The van der Waals surface area contributed by atoms with E-state index in [0.717, 1.165) is 24.0 Å². The first kappa shape index (κ1) is 12.2. The van der Waals surface area contributed by atoms with E-state index >= 15 is 0 Å². The lowest BCUT2D eigenvalue weighted by atomic mass is 9.83. The third-order valence-electron chi connectivity index (χ3n) is 3.81. The van der Waals surface area contributed by atoms with E-state index in [1.54, 1.807) is 0 Å². The summed E-state index contributed by atoms with van der Waals surface area (Å²) >= 11 is 0. The average Bonchev–Trinajstić information content (AvgIpc) is 2.36. The molecule has 0 bridgehead atoms. The van der Waals surface area contributed by atoms with Crippen molar-refractivity contribution in [3.63, 3.8) is 0 Å². The summed E-state index contributed by atoms with van der Waals surface area (Å²) in [6, 6.07) is 0.